The number of primary amides is 2. The highest BCUT2D eigenvalue weighted by atomic mass is 16.5. The standard InChI is InChI=1S/C8H10.2C3H7NO2/c1-7-5-3-4-6-8(7)2;2*1-2-6-3(4)5/h3-6H,1-2H3;2*2H2,1H3,(H2,4,5). The lowest BCUT2D eigenvalue weighted by atomic mass is 10.1. The van der Waals surface area contributed by atoms with E-state index >= 15 is 0 Å². The minimum absolute atomic E-state index is 0.356. The molecule has 0 heterocycles. The van der Waals surface area contributed by atoms with E-state index in [2.05, 4.69) is 59.1 Å². The monoisotopic (exact) mass is 284 g/mol. The Bertz CT molecular complexity index is 358. The van der Waals surface area contributed by atoms with Gasteiger partial charge in [-0.25, -0.2) is 9.59 Å². The fourth-order valence-corrected chi connectivity index (χ4v) is 0.947. The van der Waals surface area contributed by atoms with Crippen LogP contribution >= 0.6 is 0 Å². The molecule has 0 saturated carbocycles. The van der Waals surface area contributed by atoms with Gasteiger partial charge >= 0.3 is 12.2 Å². The molecule has 4 N–H and O–H groups in total. The van der Waals surface area contributed by atoms with Crippen molar-refractivity contribution in [3.63, 3.8) is 0 Å². The Labute approximate surface area is 120 Å². The minimum Gasteiger partial charge on any atom is -0.450 e. The van der Waals surface area contributed by atoms with Crippen molar-refractivity contribution in [1.82, 2.24) is 0 Å². The maximum Gasteiger partial charge on any atom is 0.404 e. The number of nitrogens with two attached hydrogens (primary N) is 2. The minimum atomic E-state index is -0.711. The van der Waals surface area contributed by atoms with Crippen LogP contribution in [0.1, 0.15) is 25.0 Å². The van der Waals surface area contributed by atoms with E-state index in [0.717, 1.165) is 0 Å². The largest absolute Gasteiger partial charge is 0.450 e. The van der Waals surface area contributed by atoms with Crippen LogP contribution in [0.5, 0.6) is 0 Å². The Morgan fingerprint density at radius 1 is 0.900 bits per heavy atom. The summed E-state index contributed by atoms with van der Waals surface area (Å²) < 4.78 is 8.36. The Hall–Kier alpha value is -2.24. The molecule has 1 rings (SSSR count). The highest BCUT2D eigenvalue weighted by molar-refractivity contribution is 5.64. The van der Waals surface area contributed by atoms with Gasteiger partial charge in [0.1, 0.15) is 0 Å². The van der Waals surface area contributed by atoms with Crippen LogP contribution in [0.2, 0.25) is 0 Å². The van der Waals surface area contributed by atoms with Gasteiger partial charge in [-0.05, 0) is 38.8 Å². The molecule has 20 heavy (non-hydrogen) atoms. The molecule has 0 aliphatic rings. The molecular weight excluding hydrogens is 260 g/mol. The third-order valence-electron chi connectivity index (χ3n) is 2.00. The van der Waals surface area contributed by atoms with Crippen molar-refractivity contribution < 1.29 is 19.1 Å². The van der Waals surface area contributed by atoms with Gasteiger partial charge in [0.2, 0.25) is 0 Å². The average molecular weight is 284 g/mol. The number of aryl methyl sites for hydroxylation is 2. The molecule has 0 unspecified atom stereocenters. The number of ether oxygens (including phenoxy) is 2. The van der Waals surface area contributed by atoms with E-state index in [1.54, 1.807) is 13.8 Å². The fraction of sp³-hybridized carbons (Fsp3) is 0.429. The predicted molar refractivity (Wildman–Crippen MR) is 78.3 cm³/mol. The lowest BCUT2D eigenvalue weighted by Crippen LogP contribution is -2.11. The highest BCUT2D eigenvalue weighted by Crippen LogP contribution is 2.02. The zero-order valence-corrected chi connectivity index (χ0v) is 12.5. The number of rotatable bonds is 2. The molecule has 0 aromatic heterocycles. The molecule has 1 aromatic carbocycles. The van der Waals surface area contributed by atoms with E-state index in [-0.39, 0.29) is 0 Å². The van der Waals surface area contributed by atoms with Crippen molar-refractivity contribution in [2.45, 2.75) is 27.7 Å². The Morgan fingerprint density at radius 2 is 1.20 bits per heavy atom. The number of hydrogen-bond donors (Lipinski definition) is 2. The van der Waals surface area contributed by atoms with E-state index in [1.807, 2.05) is 0 Å². The van der Waals surface area contributed by atoms with E-state index < -0.39 is 12.2 Å². The number of hydrogen-bond acceptors (Lipinski definition) is 4. The summed E-state index contributed by atoms with van der Waals surface area (Å²) in [4.78, 5) is 19.2. The zero-order valence-electron chi connectivity index (χ0n) is 12.5. The second-order valence-electron chi connectivity index (χ2n) is 3.59. The summed E-state index contributed by atoms with van der Waals surface area (Å²) in [6, 6.07) is 8.36. The molecule has 1 aromatic rings. The first kappa shape index (κ1) is 20.1. The van der Waals surface area contributed by atoms with E-state index in [0.29, 0.717) is 13.2 Å². The van der Waals surface area contributed by atoms with Crippen molar-refractivity contribution >= 4 is 12.2 Å². The van der Waals surface area contributed by atoms with Gasteiger partial charge in [0.15, 0.2) is 0 Å². The normalized spacial score (nSPS) is 8.20. The first-order chi connectivity index (χ1) is 9.34. The van der Waals surface area contributed by atoms with Gasteiger partial charge in [-0.3, -0.25) is 0 Å². The molecule has 0 radical (unpaired) electrons. The fourth-order valence-electron chi connectivity index (χ4n) is 0.947. The summed E-state index contributed by atoms with van der Waals surface area (Å²) in [5, 5.41) is 0. The quantitative estimate of drug-likeness (QED) is 0.870. The van der Waals surface area contributed by atoms with Crippen LogP contribution in [0.4, 0.5) is 9.59 Å². The lowest BCUT2D eigenvalue weighted by Gasteiger charge is -1.93. The third-order valence-corrected chi connectivity index (χ3v) is 2.00. The Morgan fingerprint density at radius 3 is 1.30 bits per heavy atom. The van der Waals surface area contributed by atoms with Crippen molar-refractivity contribution in [2.75, 3.05) is 13.2 Å². The molecule has 2 amide bonds. The summed E-state index contributed by atoms with van der Waals surface area (Å²) >= 11 is 0. The molecule has 6 nitrogen and oxygen atoms in total. The molecule has 0 aliphatic heterocycles. The van der Waals surface area contributed by atoms with Gasteiger partial charge in [0.25, 0.3) is 0 Å². The Kier molecular flexibility index (Phi) is 13.3. The summed E-state index contributed by atoms with van der Waals surface area (Å²) in [5.74, 6) is 0. The number of carbonyl (C=O) groups is 2. The molecule has 114 valence electrons. The van der Waals surface area contributed by atoms with Crippen LogP contribution in [0.25, 0.3) is 0 Å². The lowest BCUT2D eigenvalue weighted by molar-refractivity contribution is 0.162. The van der Waals surface area contributed by atoms with Gasteiger partial charge in [-0.15, -0.1) is 0 Å². The van der Waals surface area contributed by atoms with Crippen molar-refractivity contribution in [1.29, 1.82) is 0 Å². The summed E-state index contributed by atoms with van der Waals surface area (Å²) in [7, 11) is 0. The molecular formula is C14H24N2O4. The second-order valence-corrected chi connectivity index (χ2v) is 3.59. The van der Waals surface area contributed by atoms with Crippen LogP contribution in [0.15, 0.2) is 24.3 Å². The van der Waals surface area contributed by atoms with Crippen LogP contribution in [0, 0.1) is 13.8 Å². The van der Waals surface area contributed by atoms with Crippen LogP contribution < -0.4 is 11.5 Å². The van der Waals surface area contributed by atoms with Gasteiger partial charge < -0.3 is 20.9 Å². The van der Waals surface area contributed by atoms with E-state index in [4.69, 9.17) is 0 Å². The maximum atomic E-state index is 9.60. The first-order valence-corrected chi connectivity index (χ1v) is 6.21. The molecule has 6 heteroatoms. The van der Waals surface area contributed by atoms with Crippen LogP contribution in [0.3, 0.4) is 0 Å². The number of benzene rings is 1. The average Bonchev–Trinajstić information content (AvgIpc) is 2.34. The SMILES string of the molecule is CCOC(N)=O.CCOC(N)=O.Cc1ccccc1C. The van der Waals surface area contributed by atoms with E-state index in [1.165, 1.54) is 11.1 Å². The first-order valence-electron chi connectivity index (χ1n) is 6.21. The molecule has 0 aliphatic carbocycles. The maximum absolute atomic E-state index is 9.60. The molecule has 0 bridgehead atoms. The topological polar surface area (TPSA) is 105 Å². The summed E-state index contributed by atoms with van der Waals surface area (Å²) in [6.45, 7) is 8.35. The molecule has 0 atom stereocenters. The van der Waals surface area contributed by atoms with Gasteiger partial charge in [0.05, 0.1) is 13.2 Å². The van der Waals surface area contributed by atoms with Crippen molar-refractivity contribution in [3.8, 4) is 0 Å². The van der Waals surface area contributed by atoms with Gasteiger partial charge in [-0.2, -0.15) is 0 Å². The number of carbonyl (C=O) groups excluding carboxylic acids is 2. The van der Waals surface area contributed by atoms with E-state index in [9.17, 15) is 9.59 Å². The van der Waals surface area contributed by atoms with Crippen molar-refractivity contribution in [3.05, 3.63) is 35.4 Å². The summed E-state index contributed by atoms with van der Waals surface area (Å²) in [6.07, 6.45) is -1.42. The number of amides is 2. The van der Waals surface area contributed by atoms with Gasteiger partial charge in [0, 0.05) is 0 Å². The van der Waals surface area contributed by atoms with Crippen LogP contribution in [-0.2, 0) is 9.47 Å². The molecule has 0 fully saturated rings. The zero-order chi connectivity index (χ0) is 16.0. The smallest absolute Gasteiger partial charge is 0.404 e. The predicted octanol–water partition coefficient (Wildman–Crippen LogP) is 2.51. The summed E-state index contributed by atoms with van der Waals surface area (Å²) in [5.41, 5.74) is 11.8. The van der Waals surface area contributed by atoms with Gasteiger partial charge in [-0.1, -0.05) is 24.3 Å². The molecule has 0 spiro atoms. The highest BCUT2D eigenvalue weighted by Gasteiger charge is 1.84. The third kappa shape index (κ3) is 15.8. The van der Waals surface area contributed by atoms with Crippen LogP contribution in [-0.4, -0.2) is 25.4 Å². The Balaban J connectivity index is 0. The van der Waals surface area contributed by atoms with Crippen molar-refractivity contribution in [2.24, 2.45) is 11.5 Å². The second kappa shape index (κ2) is 13.2. The molecule has 0 saturated heterocycles.